The van der Waals surface area contributed by atoms with E-state index in [9.17, 15) is 0 Å². The van der Waals surface area contributed by atoms with Crippen LogP contribution in [0.3, 0.4) is 0 Å². The molecule has 2 aromatic rings. The van der Waals surface area contributed by atoms with Crippen LogP contribution in [0.25, 0.3) is 0 Å². The van der Waals surface area contributed by atoms with Crippen LogP contribution in [0, 0.1) is 0 Å². The van der Waals surface area contributed by atoms with E-state index in [1.807, 2.05) is 12.1 Å². The van der Waals surface area contributed by atoms with Gasteiger partial charge in [0.2, 0.25) is 0 Å². The topological polar surface area (TPSA) is 58.3 Å². The van der Waals surface area contributed by atoms with Gasteiger partial charge in [-0.05, 0) is 24.3 Å². The van der Waals surface area contributed by atoms with E-state index in [2.05, 4.69) is 31.9 Å². The van der Waals surface area contributed by atoms with Gasteiger partial charge in [0.15, 0.2) is 0 Å². The summed E-state index contributed by atoms with van der Waals surface area (Å²) in [5.74, 6) is 0.919. The molecule has 1 aliphatic rings. The van der Waals surface area contributed by atoms with E-state index in [4.69, 9.17) is 17.3 Å². The molecule has 6 heteroatoms. The van der Waals surface area contributed by atoms with Crippen LogP contribution in [-0.4, -0.2) is 36.1 Å². The molecule has 1 aromatic heterocycles. The molecule has 1 aromatic carbocycles. The summed E-state index contributed by atoms with van der Waals surface area (Å²) in [5.41, 5.74) is 7.57. The first-order valence-electron chi connectivity index (χ1n) is 7.03. The van der Waals surface area contributed by atoms with Crippen LogP contribution in [0.1, 0.15) is 5.69 Å². The highest BCUT2D eigenvalue weighted by Gasteiger charge is 2.18. The van der Waals surface area contributed by atoms with Gasteiger partial charge in [0, 0.05) is 43.4 Å². The summed E-state index contributed by atoms with van der Waals surface area (Å²) in [4.78, 5) is 13.3. The maximum atomic E-state index is 5.93. The van der Waals surface area contributed by atoms with Crippen molar-refractivity contribution in [1.29, 1.82) is 0 Å². The van der Waals surface area contributed by atoms with Crippen LogP contribution >= 0.6 is 11.6 Å². The molecule has 110 valence electrons. The van der Waals surface area contributed by atoms with Crippen molar-refractivity contribution in [2.45, 2.75) is 6.54 Å². The Morgan fingerprint density at radius 1 is 0.952 bits per heavy atom. The van der Waals surface area contributed by atoms with Crippen LogP contribution in [0.4, 0.5) is 11.5 Å². The van der Waals surface area contributed by atoms with Crippen molar-refractivity contribution in [2.24, 2.45) is 5.73 Å². The monoisotopic (exact) mass is 303 g/mol. The summed E-state index contributed by atoms with van der Waals surface area (Å²) >= 11 is 5.93. The maximum Gasteiger partial charge on any atom is 0.147 e. The van der Waals surface area contributed by atoms with Crippen molar-refractivity contribution in [1.82, 2.24) is 9.97 Å². The Morgan fingerprint density at radius 3 is 2.19 bits per heavy atom. The first kappa shape index (κ1) is 14.1. The van der Waals surface area contributed by atoms with Crippen molar-refractivity contribution >= 4 is 23.1 Å². The second kappa shape index (κ2) is 6.28. The van der Waals surface area contributed by atoms with Gasteiger partial charge in [0.05, 0.1) is 18.1 Å². The Kier molecular flexibility index (Phi) is 4.22. The van der Waals surface area contributed by atoms with Crippen LogP contribution in [-0.2, 0) is 6.54 Å². The molecule has 1 aliphatic heterocycles. The Balaban J connectivity index is 1.62. The summed E-state index contributed by atoms with van der Waals surface area (Å²) in [6, 6.07) is 7.99. The summed E-state index contributed by atoms with van der Waals surface area (Å²) < 4.78 is 0. The number of anilines is 2. The van der Waals surface area contributed by atoms with Crippen molar-refractivity contribution in [3.63, 3.8) is 0 Å². The first-order valence-corrected chi connectivity index (χ1v) is 7.40. The van der Waals surface area contributed by atoms with Crippen LogP contribution in [0.5, 0.6) is 0 Å². The molecule has 0 radical (unpaired) electrons. The van der Waals surface area contributed by atoms with Gasteiger partial charge >= 0.3 is 0 Å². The van der Waals surface area contributed by atoms with Crippen molar-refractivity contribution < 1.29 is 0 Å². The fraction of sp³-hybridized carbons (Fsp3) is 0.333. The van der Waals surface area contributed by atoms with E-state index >= 15 is 0 Å². The van der Waals surface area contributed by atoms with Crippen molar-refractivity contribution in [2.75, 3.05) is 36.0 Å². The second-order valence-corrected chi connectivity index (χ2v) is 5.46. The lowest BCUT2D eigenvalue weighted by Gasteiger charge is -2.36. The van der Waals surface area contributed by atoms with Gasteiger partial charge in [0.25, 0.3) is 0 Å². The molecule has 1 fully saturated rings. The largest absolute Gasteiger partial charge is 0.368 e. The third kappa shape index (κ3) is 3.25. The molecule has 0 bridgehead atoms. The molecule has 5 nitrogen and oxygen atoms in total. The molecule has 0 atom stereocenters. The molecule has 0 aliphatic carbocycles. The van der Waals surface area contributed by atoms with E-state index in [1.54, 1.807) is 12.4 Å². The number of nitrogens with zero attached hydrogens (tertiary/aromatic N) is 4. The third-order valence-electron chi connectivity index (χ3n) is 3.70. The summed E-state index contributed by atoms with van der Waals surface area (Å²) in [6.07, 6.45) is 3.56. The zero-order valence-corrected chi connectivity index (χ0v) is 12.5. The highest BCUT2D eigenvalue weighted by molar-refractivity contribution is 6.30. The number of hydrogen-bond donors (Lipinski definition) is 1. The normalized spacial score (nSPS) is 15.3. The summed E-state index contributed by atoms with van der Waals surface area (Å²) in [5, 5.41) is 0.771. The molecule has 1 saturated heterocycles. The standard InChI is InChI=1S/C15H18ClN5/c16-12-1-3-14(4-2-12)20-5-7-21(8-6-20)15-11-18-13(9-17)10-19-15/h1-4,10-11H,5-9,17H2. The van der Waals surface area contributed by atoms with E-state index < -0.39 is 0 Å². The van der Waals surface area contributed by atoms with Crippen LogP contribution in [0.2, 0.25) is 5.02 Å². The smallest absolute Gasteiger partial charge is 0.147 e. The number of piperazine rings is 1. The highest BCUT2D eigenvalue weighted by Crippen LogP contribution is 2.20. The van der Waals surface area contributed by atoms with E-state index in [1.165, 1.54) is 5.69 Å². The number of rotatable bonds is 3. The number of hydrogen-bond acceptors (Lipinski definition) is 5. The Bertz CT molecular complexity index is 576. The number of aromatic nitrogens is 2. The second-order valence-electron chi connectivity index (χ2n) is 5.02. The Labute approximate surface area is 129 Å². The molecule has 2 N–H and O–H groups in total. The van der Waals surface area contributed by atoms with Gasteiger partial charge in [-0.3, -0.25) is 4.98 Å². The molecule has 2 heterocycles. The maximum absolute atomic E-state index is 5.93. The van der Waals surface area contributed by atoms with E-state index in [0.29, 0.717) is 6.54 Å². The van der Waals surface area contributed by atoms with Gasteiger partial charge in [-0.15, -0.1) is 0 Å². The minimum atomic E-state index is 0.428. The van der Waals surface area contributed by atoms with Gasteiger partial charge in [-0.25, -0.2) is 4.98 Å². The van der Waals surface area contributed by atoms with Gasteiger partial charge in [-0.2, -0.15) is 0 Å². The van der Waals surface area contributed by atoms with Crippen molar-refractivity contribution in [3.05, 3.63) is 47.4 Å². The quantitative estimate of drug-likeness (QED) is 0.939. The van der Waals surface area contributed by atoms with E-state index in [-0.39, 0.29) is 0 Å². The molecule has 21 heavy (non-hydrogen) atoms. The highest BCUT2D eigenvalue weighted by atomic mass is 35.5. The van der Waals surface area contributed by atoms with E-state index in [0.717, 1.165) is 42.7 Å². The minimum absolute atomic E-state index is 0.428. The van der Waals surface area contributed by atoms with Gasteiger partial charge < -0.3 is 15.5 Å². The predicted molar refractivity (Wildman–Crippen MR) is 85.8 cm³/mol. The fourth-order valence-electron chi connectivity index (χ4n) is 2.46. The average molecular weight is 304 g/mol. The number of benzene rings is 1. The molecule has 0 saturated carbocycles. The lowest BCUT2D eigenvalue weighted by molar-refractivity contribution is 0.645. The molecule has 0 amide bonds. The summed E-state index contributed by atoms with van der Waals surface area (Å²) in [7, 11) is 0. The average Bonchev–Trinajstić information content (AvgIpc) is 2.56. The van der Waals surface area contributed by atoms with Gasteiger partial charge in [0.1, 0.15) is 5.82 Å². The van der Waals surface area contributed by atoms with Crippen LogP contribution in [0.15, 0.2) is 36.7 Å². The molecular weight excluding hydrogens is 286 g/mol. The predicted octanol–water partition coefficient (Wildman–Crippen LogP) is 1.92. The first-order chi connectivity index (χ1) is 10.3. The summed E-state index contributed by atoms with van der Waals surface area (Å²) in [6.45, 7) is 4.21. The lowest BCUT2D eigenvalue weighted by atomic mass is 10.2. The minimum Gasteiger partial charge on any atom is -0.368 e. The third-order valence-corrected chi connectivity index (χ3v) is 3.95. The number of halogens is 1. The zero-order chi connectivity index (χ0) is 14.7. The molecular formula is C15H18ClN5. The Hall–Kier alpha value is -1.85. The van der Waals surface area contributed by atoms with Crippen LogP contribution < -0.4 is 15.5 Å². The van der Waals surface area contributed by atoms with Gasteiger partial charge in [-0.1, -0.05) is 11.6 Å². The molecule has 0 spiro atoms. The fourth-order valence-corrected chi connectivity index (χ4v) is 2.59. The SMILES string of the molecule is NCc1cnc(N2CCN(c3ccc(Cl)cc3)CC2)cn1. The molecule has 0 unspecified atom stereocenters. The zero-order valence-electron chi connectivity index (χ0n) is 11.7. The van der Waals surface area contributed by atoms with Crippen molar-refractivity contribution in [3.8, 4) is 0 Å². The lowest BCUT2D eigenvalue weighted by Crippen LogP contribution is -2.46. The molecule has 3 rings (SSSR count). The number of nitrogens with two attached hydrogens (primary N) is 1. The Morgan fingerprint density at radius 2 is 1.62 bits per heavy atom.